The predicted octanol–water partition coefficient (Wildman–Crippen LogP) is 1.37. The van der Waals surface area contributed by atoms with Crippen LogP contribution in [-0.4, -0.2) is 45.1 Å². The molecule has 0 spiro atoms. The summed E-state index contributed by atoms with van der Waals surface area (Å²) in [7, 11) is -4.14. The van der Waals surface area contributed by atoms with Gasteiger partial charge in [-0.05, 0) is 13.8 Å². The Labute approximate surface area is 131 Å². The Morgan fingerprint density at radius 2 is 2.22 bits per heavy atom. The molecule has 1 aliphatic heterocycles. The molecule has 1 atom stereocenters. The second kappa shape index (κ2) is 5.34. The van der Waals surface area contributed by atoms with Gasteiger partial charge in [-0.3, -0.25) is 4.68 Å². The van der Waals surface area contributed by atoms with Crippen molar-refractivity contribution in [3.63, 3.8) is 0 Å². The first-order valence-electron chi connectivity index (χ1n) is 6.95. The first kappa shape index (κ1) is 16.0. The van der Waals surface area contributed by atoms with Crippen molar-refractivity contribution < 1.29 is 21.7 Å². The van der Waals surface area contributed by atoms with Gasteiger partial charge in [0.1, 0.15) is 10.9 Å². The van der Waals surface area contributed by atoms with Gasteiger partial charge in [-0.1, -0.05) is 5.16 Å². The van der Waals surface area contributed by atoms with E-state index in [9.17, 15) is 17.2 Å². The van der Waals surface area contributed by atoms with Gasteiger partial charge in [0.15, 0.2) is 5.82 Å². The fourth-order valence-electron chi connectivity index (χ4n) is 2.49. The molecular formula is C12H15F2N5O3S. The number of alkyl halides is 2. The van der Waals surface area contributed by atoms with E-state index >= 15 is 0 Å². The van der Waals surface area contributed by atoms with Crippen LogP contribution < -0.4 is 0 Å². The first-order valence-corrected chi connectivity index (χ1v) is 8.39. The summed E-state index contributed by atoms with van der Waals surface area (Å²) >= 11 is 0. The molecule has 0 radical (unpaired) electrons. The molecule has 0 aliphatic carbocycles. The molecule has 0 saturated carbocycles. The zero-order valence-electron chi connectivity index (χ0n) is 12.5. The molecule has 1 fully saturated rings. The third kappa shape index (κ3) is 2.85. The summed E-state index contributed by atoms with van der Waals surface area (Å²) < 4.78 is 60.1. The van der Waals surface area contributed by atoms with E-state index < -0.39 is 35.0 Å². The average molecular weight is 347 g/mol. The highest BCUT2D eigenvalue weighted by Crippen LogP contribution is 2.43. The SMILES string of the molecule is CCn1cc(S(=O)(=O)N2CC(F)(F)C[C@H]2c2nc(C)no2)cn1. The van der Waals surface area contributed by atoms with Gasteiger partial charge in [0, 0.05) is 19.2 Å². The molecule has 2 aromatic heterocycles. The molecule has 3 rings (SSSR count). The summed E-state index contributed by atoms with van der Waals surface area (Å²) in [5.41, 5.74) is 0. The van der Waals surface area contributed by atoms with E-state index in [-0.39, 0.29) is 16.6 Å². The lowest BCUT2D eigenvalue weighted by atomic mass is 10.2. The molecule has 0 N–H and O–H groups in total. The Hall–Kier alpha value is -1.88. The first-order chi connectivity index (χ1) is 10.7. The van der Waals surface area contributed by atoms with Crippen molar-refractivity contribution in [3.8, 4) is 0 Å². The van der Waals surface area contributed by atoms with Crippen LogP contribution in [0, 0.1) is 6.92 Å². The van der Waals surface area contributed by atoms with E-state index in [1.807, 2.05) is 0 Å². The van der Waals surface area contributed by atoms with Crippen molar-refractivity contribution in [2.75, 3.05) is 6.54 Å². The van der Waals surface area contributed by atoms with E-state index in [0.717, 1.165) is 6.20 Å². The minimum Gasteiger partial charge on any atom is -0.338 e. The van der Waals surface area contributed by atoms with E-state index in [1.165, 1.54) is 17.8 Å². The molecule has 0 aromatic carbocycles. The van der Waals surface area contributed by atoms with Gasteiger partial charge in [0.05, 0.1) is 12.7 Å². The quantitative estimate of drug-likeness (QED) is 0.829. The number of rotatable bonds is 4. The minimum atomic E-state index is -4.14. The van der Waals surface area contributed by atoms with Crippen molar-refractivity contribution in [1.82, 2.24) is 24.2 Å². The van der Waals surface area contributed by atoms with E-state index in [1.54, 1.807) is 6.92 Å². The number of sulfonamides is 1. The second-order valence-corrected chi connectivity index (χ2v) is 7.23. The van der Waals surface area contributed by atoms with Gasteiger partial charge in [0.2, 0.25) is 15.9 Å². The molecule has 1 aliphatic rings. The van der Waals surface area contributed by atoms with Gasteiger partial charge in [0.25, 0.3) is 5.92 Å². The molecule has 11 heteroatoms. The van der Waals surface area contributed by atoms with Gasteiger partial charge >= 0.3 is 0 Å². The van der Waals surface area contributed by atoms with Crippen molar-refractivity contribution in [3.05, 3.63) is 24.1 Å². The summed E-state index contributed by atoms with van der Waals surface area (Å²) in [6.45, 7) is 2.86. The highest BCUT2D eigenvalue weighted by Gasteiger charge is 2.53. The Bertz CT molecular complexity index is 816. The number of halogens is 2. The second-order valence-electron chi connectivity index (χ2n) is 5.34. The maximum Gasteiger partial charge on any atom is 0.263 e. The fourth-order valence-corrected chi connectivity index (χ4v) is 4.05. The molecule has 1 saturated heterocycles. The third-order valence-electron chi connectivity index (χ3n) is 3.60. The van der Waals surface area contributed by atoms with Gasteiger partial charge in [-0.25, -0.2) is 17.2 Å². The van der Waals surface area contributed by atoms with Crippen LogP contribution in [-0.2, 0) is 16.6 Å². The molecule has 8 nitrogen and oxygen atoms in total. The van der Waals surface area contributed by atoms with Gasteiger partial charge in [-0.15, -0.1) is 0 Å². The highest BCUT2D eigenvalue weighted by atomic mass is 32.2. The van der Waals surface area contributed by atoms with Crippen LogP contribution >= 0.6 is 0 Å². The lowest BCUT2D eigenvalue weighted by Crippen LogP contribution is -2.33. The van der Waals surface area contributed by atoms with Crippen molar-refractivity contribution in [2.24, 2.45) is 0 Å². The molecule has 2 aromatic rings. The summed E-state index contributed by atoms with van der Waals surface area (Å²) in [6.07, 6.45) is 1.75. The van der Waals surface area contributed by atoms with Crippen LogP contribution in [0.4, 0.5) is 8.78 Å². The molecular weight excluding hydrogens is 332 g/mol. The molecule has 3 heterocycles. The smallest absolute Gasteiger partial charge is 0.263 e. The zero-order chi connectivity index (χ0) is 16.8. The lowest BCUT2D eigenvalue weighted by molar-refractivity contribution is 0.0166. The highest BCUT2D eigenvalue weighted by molar-refractivity contribution is 7.89. The topological polar surface area (TPSA) is 94.1 Å². The number of nitrogens with zero attached hydrogens (tertiary/aromatic N) is 5. The standard InChI is InChI=1S/C12H15F2N5O3S/c1-3-18-6-9(5-15-18)23(20,21)19-7-12(13,14)4-10(19)11-16-8(2)17-22-11/h5-6,10H,3-4,7H2,1-2H3/t10-/m0/s1. The number of aryl methyl sites for hydroxylation is 2. The van der Waals surface area contributed by atoms with Crippen LogP contribution in [0.2, 0.25) is 0 Å². The Balaban J connectivity index is 2.00. The Kier molecular flexibility index (Phi) is 3.71. The van der Waals surface area contributed by atoms with Crippen LogP contribution in [0.3, 0.4) is 0 Å². The summed E-state index contributed by atoms with van der Waals surface area (Å²) in [5, 5.41) is 7.43. The van der Waals surface area contributed by atoms with Gasteiger partial charge < -0.3 is 4.52 Å². The Morgan fingerprint density at radius 1 is 1.48 bits per heavy atom. The van der Waals surface area contributed by atoms with Crippen LogP contribution in [0.15, 0.2) is 21.8 Å². The molecule has 0 bridgehead atoms. The normalized spacial score (nSPS) is 21.8. The largest absolute Gasteiger partial charge is 0.338 e. The maximum atomic E-state index is 13.8. The van der Waals surface area contributed by atoms with Crippen LogP contribution in [0.1, 0.15) is 31.1 Å². The summed E-state index contributed by atoms with van der Waals surface area (Å²) in [4.78, 5) is 3.76. The van der Waals surface area contributed by atoms with Crippen LogP contribution in [0.25, 0.3) is 0 Å². The van der Waals surface area contributed by atoms with Crippen molar-refractivity contribution >= 4 is 10.0 Å². The van der Waals surface area contributed by atoms with Crippen molar-refractivity contribution in [1.29, 1.82) is 0 Å². The van der Waals surface area contributed by atoms with E-state index in [4.69, 9.17) is 4.52 Å². The van der Waals surface area contributed by atoms with E-state index in [2.05, 4.69) is 15.2 Å². The minimum absolute atomic E-state index is 0.133. The molecule has 23 heavy (non-hydrogen) atoms. The summed E-state index contributed by atoms with van der Waals surface area (Å²) in [5.74, 6) is -3.04. The Morgan fingerprint density at radius 3 is 2.78 bits per heavy atom. The fraction of sp³-hybridized carbons (Fsp3) is 0.583. The lowest BCUT2D eigenvalue weighted by Gasteiger charge is -2.19. The molecule has 0 amide bonds. The maximum absolute atomic E-state index is 13.8. The van der Waals surface area contributed by atoms with Crippen molar-refractivity contribution in [2.45, 2.75) is 43.7 Å². The van der Waals surface area contributed by atoms with Crippen LogP contribution in [0.5, 0.6) is 0 Å². The summed E-state index contributed by atoms with van der Waals surface area (Å²) in [6, 6.07) is -1.19. The third-order valence-corrected chi connectivity index (χ3v) is 5.40. The monoisotopic (exact) mass is 347 g/mol. The number of aromatic nitrogens is 4. The zero-order valence-corrected chi connectivity index (χ0v) is 13.3. The predicted molar refractivity (Wildman–Crippen MR) is 73.1 cm³/mol. The molecule has 0 unspecified atom stereocenters. The molecule has 126 valence electrons. The number of hydrogen-bond acceptors (Lipinski definition) is 6. The van der Waals surface area contributed by atoms with E-state index in [0.29, 0.717) is 10.8 Å². The number of hydrogen-bond donors (Lipinski definition) is 0. The van der Waals surface area contributed by atoms with Gasteiger partial charge in [-0.2, -0.15) is 14.4 Å². The average Bonchev–Trinajstić information content (AvgIpc) is 3.16.